The molecule has 0 saturated heterocycles. The zero-order chi connectivity index (χ0) is 58.0. The average Bonchev–Trinajstić information content (AvgIpc) is 1.82. The summed E-state index contributed by atoms with van der Waals surface area (Å²) in [6.07, 6.45) is 7.76. The van der Waals surface area contributed by atoms with Gasteiger partial charge in [0.05, 0.1) is 22.8 Å². The van der Waals surface area contributed by atoms with E-state index in [4.69, 9.17) is 19.9 Å². The van der Waals surface area contributed by atoms with Crippen molar-refractivity contribution in [1.29, 1.82) is 0 Å². The number of benzene rings is 10. The minimum atomic E-state index is 0.410. The molecule has 414 valence electrons. The van der Waals surface area contributed by atoms with E-state index in [1.54, 1.807) is 22.7 Å². The molecule has 0 saturated carbocycles. The van der Waals surface area contributed by atoms with Crippen molar-refractivity contribution < 1.29 is 0 Å². The lowest BCUT2D eigenvalue weighted by Crippen LogP contribution is -2.09. The van der Waals surface area contributed by atoms with Gasteiger partial charge < -0.3 is 9.80 Å². The van der Waals surface area contributed by atoms with Crippen LogP contribution in [0.15, 0.2) is 303 Å². The van der Waals surface area contributed by atoms with Gasteiger partial charge >= 0.3 is 0 Å². The molecule has 0 radical (unpaired) electrons. The molecule has 0 amide bonds. The third-order valence-electron chi connectivity index (χ3n) is 16.1. The molecule has 1 aliphatic rings. The average molecular weight is 1150 g/mol. The zero-order valence-electron chi connectivity index (χ0n) is 47.7. The van der Waals surface area contributed by atoms with Crippen LogP contribution in [0.3, 0.4) is 0 Å². The molecule has 4 heterocycles. The van der Waals surface area contributed by atoms with Crippen LogP contribution in [0.1, 0.15) is 19.0 Å². The number of hydrogen-bond donors (Lipinski definition) is 0. The van der Waals surface area contributed by atoms with Crippen molar-refractivity contribution in [1.82, 2.24) is 19.9 Å². The molecule has 8 heteroatoms. The molecular formula is C79H56N6S2. The molecule has 10 aromatic carbocycles. The highest BCUT2D eigenvalue weighted by Crippen LogP contribution is 2.50. The van der Waals surface area contributed by atoms with Crippen molar-refractivity contribution in [2.75, 3.05) is 9.80 Å². The topological polar surface area (TPSA) is 58.0 Å². The third-order valence-corrected chi connectivity index (χ3v) is 18.4. The van der Waals surface area contributed by atoms with Crippen molar-refractivity contribution in [3.63, 3.8) is 0 Å². The first-order chi connectivity index (χ1) is 43.1. The predicted octanol–water partition coefficient (Wildman–Crippen LogP) is 22.3. The van der Waals surface area contributed by atoms with E-state index in [-0.39, 0.29) is 0 Å². The molecule has 15 rings (SSSR count). The fourth-order valence-corrected chi connectivity index (χ4v) is 13.9. The number of rotatable bonds is 14. The summed E-state index contributed by atoms with van der Waals surface area (Å²) in [5, 5.41) is 0. The molecule has 0 spiro atoms. The molecule has 14 aromatic rings. The van der Waals surface area contributed by atoms with Crippen LogP contribution >= 0.6 is 22.7 Å². The molecule has 1 unspecified atom stereocenters. The quantitative estimate of drug-likeness (QED) is 0.101. The largest absolute Gasteiger partial charge is 0.311 e. The Labute approximate surface area is 514 Å². The van der Waals surface area contributed by atoms with Gasteiger partial charge in [0, 0.05) is 81.5 Å². The van der Waals surface area contributed by atoms with Crippen molar-refractivity contribution in [3.8, 4) is 75.5 Å². The Hall–Kier alpha value is -10.6. The molecule has 6 nitrogen and oxygen atoms in total. The minimum Gasteiger partial charge on any atom is -0.311 e. The van der Waals surface area contributed by atoms with Crippen LogP contribution < -0.4 is 9.80 Å². The summed E-state index contributed by atoms with van der Waals surface area (Å²) in [6.45, 7) is 2.26. The highest BCUT2D eigenvalue weighted by atomic mass is 32.1. The highest BCUT2D eigenvalue weighted by Gasteiger charge is 2.29. The van der Waals surface area contributed by atoms with E-state index in [0.717, 1.165) is 149 Å². The van der Waals surface area contributed by atoms with Crippen LogP contribution in [0.25, 0.3) is 103 Å². The Morgan fingerprint density at radius 2 is 0.586 bits per heavy atom. The zero-order valence-corrected chi connectivity index (χ0v) is 49.3. The van der Waals surface area contributed by atoms with Crippen molar-refractivity contribution >= 4 is 84.4 Å². The maximum atomic E-state index is 5.96. The van der Waals surface area contributed by atoms with Crippen LogP contribution in [0, 0.1) is 5.92 Å². The number of aromatic nitrogens is 4. The predicted molar refractivity (Wildman–Crippen MR) is 367 cm³/mol. The van der Waals surface area contributed by atoms with E-state index in [1.165, 1.54) is 0 Å². The van der Waals surface area contributed by atoms with E-state index in [2.05, 4.69) is 320 Å². The van der Waals surface area contributed by atoms with Crippen molar-refractivity contribution in [2.45, 2.75) is 13.3 Å². The minimum absolute atomic E-state index is 0.410. The van der Waals surface area contributed by atoms with Gasteiger partial charge in [0.1, 0.15) is 22.1 Å². The number of thiophene rings is 2. The summed E-state index contributed by atoms with van der Waals surface area (Å²) in [5.41, 5.74) is 20.8. The molecule has 4 aromatic heterocycles. The van der Waals surface area contributed by atoms with Crippen molar-refractivity contribution in [2.24, 2.45) is 5.92 Å². The fourth-order valence-electron chi connectivity index (χ4n) is 11.8. The van der Waals surface area contributed by atoms with Gasteiger partial charge in [-0.1, -0.05) is 213 Å². The van der Waals surface area contributed by atoms with E-state index in [1.807, 2.05) is 0 Å². The van der Waals surface area contributed by atoms with E-state index < -0.39 is 0 Å². The molecule has 87 heavy (non-hydrogen) atoms. The lowest BCUT2D eigenvalue weighted by Gasteiger charge is -2.25. The Bertz CT molecular complexity index is 4720. The maximum absolute atomic E-state index is 5.96. The Morgan fingerprint density at radius 3 is 0.908 bits per heavy atom. The summed E-state index contributed by atoms with van der Waals surface area (Å²) in [4.78, 5) is 32.6. The van der Waals surface area contributed by atoms with Gasteiger partial charge in [0.25, 0.3) is 0 Å². The van der Waals surface area contributed by atoms with Gasteiger partial charge in [0.2, 0.25) is 0 Å². The number of allylic oxidation sites excluding steroid dienone is 4. The van der Waals surface area contributed by atoms with Gasteiger partial charge in [-0.25, -0.2) is 19.9 Å². The van der Waals surface area contributed by atoms with Gasteiger partial charge in [-0.3, -0.25) is 0 Å². The summed E-state index contributed by atoms with van der Waals surface area (Å²) < 4.78 is 0. The Kier molecular flexibility index (Phi) is 14.3. The summed E-state index contributed by atoms with van der Waals surface area (Å²) in [5.74, 6) is 0.410. The maximum Gasteiger partial charge on any atom is 0.101 e. The number of fused-ring (bicyclic) bond motifs is 2. The molecule has 1 aliphatic carbocycles. The second-order valence-corrected chi connectivity index (χ2v) is 23.9. The molecule has 0 bridgehead atoms. The summed E-state index contributed by atoms with van der Waals surface area (Å²) in [6, 6.07) is 100. The van der Waals surface area contributed by atoms with Crippen LogP contribution in [-0.4, -0.2) is 19.9 Å². The molecule has 0 aliphatic heterocycles. The van der Waals surface area contributed by atoms with E-state index in [0.29, 0.717) is 5.92 Å². The van der Waals surface area contributed by atoms with Crippen LogP contribution in [0.2, 0.25) is 0 Å². The lowest BCUT2D eigenvalue weighted by molar-refractivity contribution is 0.738. The number of hydrogen-bond acceptors (Lipinski definition) is 8. The third kappa shape index (κ3) is 10.4. The highest BCUT2D eigenvalue weighted by molar-refractivity contribution is 7.19. The van der Waals surface area contributed by atoms with Gasteiger partial charge in [-0.05, 0) is 126 Å². The molecular weight excluding hydrogens is 1100 g/mol. The molecule has 0 fully saturated rings. The molecule has 0 N–H and O–H groups in total. The second-order valence-electron chi connectivity index (χ2n) is 21.8. The number of para-hydroxylation sites is 4. The second kappa shape index (κ2) is 23.4. The monoisotopic (exact) mass is 1150 g/mol. The van der Waals surface area contributed by atoms with E-state index >= 15 is 0 Å². The first kappa shape index (κ1) is 53.1. The number of nitrogens with zero attached hydrogens (tertiary/aromatic N) is 6. The van der Waals surface area contributed by atoms with E-state index in [9.17, 15) is 0 Å². The number of anilines is 6. The summed E-state index contributed by atoms with van der Waals surface area (Å²) in [7, 11) is 0. The summed E-state index contributed by atoms with van der Waals surface area (Å²) >= 11 is 3.49. The fraction of sp³-hybridized carbons (Fsp3) is 0.0380. The smallest absolute Gasteiger partial charge is 0.101 e. The SMILES string of the molecule is CC1C=CC(c2nc3c(-c4ccc(-c5ccc(N(c6ccccc6)c6ccccc6)cc5)s4)c4nc(-c5ccccc5)c(-c5ccccc5)nc4c(-c4ccc(-c5ccc(N(c6ccccc6)c6ccccc6)cc5)s4)c3nc2-c2ccccc2)=CC1. The van der Waals surface area contributed by atoms with Crippen LogP contribution in [0.4, 0.5) is 34.1 Å². The lowest BCUT2D eigenvalue weighted by atomic mass is 9.93. The normalized spacial score (nSPS) is 13.0. The van der Waals surface area contributed by atoms with Crippen LogP contribution in [0.5, 0.6) is 0 Å². The Morgan fingerprint density at radius 1 is 0.299 bits per heavy atom. The Balaban J connectivity index is 0.963. The standard InChI is InChI=1S/C79H56N6S2/c1-53-37-39-59(40-38-53)75-74(58-27-13-4-14-28-58)82-78-70(68-51-49-66(86-68)54-41-45-64(46-42-54)84(60-29-15-5-16-30-60)61-31-17-6-18-32-61)76-77(81-73(57-25-11-3-12-26-57)72(80-76)56-23-9-2-10-24-56)71(79(78)83-75)69-52-50-67(87-69)55-43-47-65(48-44-55)85(62-33-19-7-20-34-62)63-35-21-8-22-36-63/h2-37,39-53H,38H2,1H3. The molecule has 1 atom stereocenters. The van der Waals surface area contributed by atoms with Gasteiger partial charge in [-0.2, -0.15) is 0 Å². The van der Waals surface area contributed by atoms with Gasteiger partial charge in [-0.15, -0.1) is 22.7 Å². The van der Waals surface area contributed by atoms with Gasteiger partial charge in [0.15, 0.2) is 0 Å². The van der Waals surface area contributed by atoms with Crippen molar-refractivity contribution in [3.05, 3.63) is 309 Å². The first-order valence-electron chi connectivity index (χ1n) is 29.4. The first-order valence-corrected chi connectivity index (χ1v) is 31.1. The van der Waals surface area contributed by atoms with Crippen LogP contribution in [-0.2, 0) is 0 Å².